The van der Waals surface area contributed by atoms with Crippen molar-refractivity contribution in [2.45, 2.75) is 0 Å². The normalized spacial score (nSPS) is 10.6. The molecule has 120 valence electrons. The van der Waals surface area contributed by atoms with Gasteiger partial charge >= 0.3 is 0 Å². The molecule has 2 rings (SSSR count). The second-order valence-electron chi connectivity index (χ2n) is 4.70. The fourth-order valence-electron chi connectivity index (χ4n) is 2.05. The molecule has 0 amide bonds. The second kappa shape index (κ2) is 8.19. The predicted octanol–water partition coefficient (Wildman–Crippen LogP) is 4.67. The van der Waals surface area contributed by atoms with E-state index in [1.807, 2.05) is 0 Å². The zero-order valence-corrected chi connectivity index (χ0v) is 14.4. The first-order valence-corrected chi connectivity index (χ1v) is 7.70. The Kier molecular flexibility index (Phi) is 6.01. The molecule has 0 saturated heterocycles. The summed E-state index contributed by atoms with van der Waals surface area (Å²) in [6.45, 7) is 0.114. The molecule has 0 aliphatic carbocycles. The maximum atomic E-state index is 13.0. The Morgan fingerprint density at radius 1 is 1.33 bits per heavy atom. The van der Waals surface area contributed by atoms with Crippen LogP contribution in [0.2, 0.25) is 0 Å². The van der Waals surface area contributed by atoms with Gasteiger partial charge in [0.25, 0.3) is 0 Å². The van der Waals surface area contributed by atoms with Gasteiger partial charge in [-0.25, -0.2) is 4.39 Å². The van der Waals surface area contributed by atoms with Crippen molar-refractivity contribution in [1.82, 2.24) is 0 Å². The molecule has 0 radical (unpaired) electrons. The van der Waals surface area contributed by atoms with Gasteiger partial charge in [-0.2, -0.15) is 5.26 Å². The van der Waals surface area contributed by atoms with Gasteiger partial charge < -0.3 is 9.47 Å². The van der Waals surface area contributed by atoms with Gasteiger partial charge in [-0.15, -0.1) is 6.42 Å². The van der Waals surface area contributed by atoms with Crippen molar-refractivity contribution in [3.63, 3.8) is 0 Å². The molecule has 0 fully saturated rings. The first kappa shape index (κ1) is 17.6. The molecule has 0 spiro atoms. The number of hydrogen-bond donors (Lipinski definition) is 0. The smallest absolute Gasteiger partial charge is 0.176 e. The standard InChI is InChI=1S/C19H13BrFNO2/c1-3-8-24-19-17(20)10-13(11-18(19)23-2)9-15(12-22)14-4-6-16(21)7-5-14/h1,4-7,9-11H,8H2,2H3/b15-9+. The minimum absolute atomic E-state index is 0.114. The monoisotopic (exact) mass is 385 g/mol. The number of terminal acetylenes is 1. The molecule has 2 aromatic carbocycles. The van der Waals surface area contributed by atoms with E-state index in [-0.39, 0.29) is 12.4 Å². The van der Waals surface area contributed by atoms with E-state index in [0.29, 0.717) is 27.1 Å². The first-order valence-electron chi connectivity index (χ1n) is 6.90. The lowest BCUT2D eigenvalue weighted by Crippen LogP contribution is -1.98. The van der Waals surface area contributed by atoms with Crippen molar-refractivity contribution >= 4 is 27.6 Å². The number of allylic oxidation sites excluding steroid dienone is 1. The molecular weight excluding hydrogens is 373 g/mol. The van der Waals surface area contributed by atoms with Crippen molar-refractivity contribution < 1.29 is 13.9 Å². The van der Waals surface area contributed by atoms with Crippen LogP contribution in [0.5, 0.6) is 11.5 Å². The molecule has 0 bridgehead atoms. The van der Waals surface area contributed by atoms with Crippen LogP contribution in [-0.4, -0.2) is 13.7 Å². The fourth-order valence-corrected chi connectivity index (χ4v) is 2.63. The third kappa shape index (κ3) is 4.16. The number of nitriles is 1. The number of nitrogens with zero attached hydrogens (tertiary/aromatic N) is 1. The Balaban J connectivity index is 2.44. The summed E-state index contributed by atoms with van der Waals surface area (Å²) >= 11 is 3.41. The summed E-state index contributed by atoms with van der Waals surface area (Å²) < 4.78 is 24.5. The third-order valence-electron chi connectivity index (χ3n) is 3.14. The summed E-state index contributed by atoms with van der Waals surface area (Å²) in [5, 5.41) is 9.37. The van der Waals surface area contributed by atoms with Crippen LogP contribution in [0, 0.1) is 29.5 Å². The highest BCUT2D eigenvalue weighted by molar-refractivity contribution is 9.10. The van der Waals surface area contributed by atoms with Gasteiger partial charge in [-0.3, -0.25) is 0 Å². The number of benzene rings is 2. The number of methoxy groups -OCH3 is 1. The highest BCUT2D eigenvalue weighted by Crippen LogP contribution is 2.37. The predicted molar refractivity (Wildman–Crippen MR) is 94.9 cm³/mol. The van der Waals surface area contributed by atoms with Gasteiger partial charge in [0, 0.05) is 0 Å². The van der Waals surface area contributed by atoms with Crippen molar-refractivity contribution in [2.75, 3.05) is 13.7 Å². The Morgan fingerprint density at radius 3 is 2.62 bits per heavy atom. The summed E-state index contributed by atoms with van der Waals surface area (Å²) in [5.74, 6) is 3.02. The lowest BCUT2D eigenvalue weighted by atomic mass is 10.0. The average Bonchev–Trinajstić information content (AvgIpc) is 2.59. The molecule has 0 aliphatic heterocycles. The molecule has 0 heterocycles. The molecule has 0 N–H and O–H groups in total. The van der Waals surface area contributed by atoms with Gasteiger partial charge in [0.05, 0.1) is 23.2 Å². The quantitative estimate of drug-likeness (QED) is 0.426. The maximum absolute atomic E-state index is 13.0. The van der Waals surface area contributed by atoms with E-state index in [1.54, 1.807) is 30.3 Å². The Bertz CT molecular complexity index is 845. The summed E-state index contributed by atoms with van der Waals surface area (Å²) in [6.07, 6.45) is 6.89. The highest BCUT2D eigenvalue weighted by atomic mass is 79.9. The van der Waals surface area contributed by atoms with Crippen molar-refractivity contribution in [3.05, 3.63) is 57.8 Å². The SMILES string of the molecule is C#CCOc1c(Br)cc(/C=C(\C#N)c2ccc(F)cc2)cc1OC. The molecule has 3 nitrogen and oxygen atoms in total. The van der Waals surface area contributed by atoms with Gasteiger partial charge in [0.2, 0.25) is 0 Å². The number of ether oxygens (including phenoxy) is 2. The molecule has 2 aromatic rings. The number of rotatable bonds is 5. The minimum Gasteiger partial charge on any atom is -0.493 e. The molecule has 24 heavy (non-hydrogen) atoms. The third-order valence-corrected chi connectivity index (χ3v) is 3.73. The lowest BCUT2D eigenvalue weighted by molar-refractivity contribution is 0.329. The van der Waals surface area contributed by atoms with E-state index in [9.17, 15) is 9.65 Å². The molecule has 0 aromatic heterocycles. The van der Waals surface area contributed by atoms with Crippen LogP contribution in [0.1, 0.15) is 11.1 Å². The molecule has 0 unspecified atom stereocenters. The van der Waals surface area contributed by atoms with Crippen LogP contribution in [0.4, 0.5) is 4.39 Å². The van der Waals surface area contributed by atoms with Gasteiger partial charge in [0.15, 0.2) is 11.5 Å². The van der Waals surface area contributed by atoms with Crippen LogP contribution < -0.4 is 9.47 Å². The Morgan fingerprint density at radius 2 is 2.04 bits per heavy atom. The number of hydrogen-bond acceptors (Lipinski definition) is 3. The van der Waals surface area contributed by atoms with E-state index < -0.39 is 0 Å². The summed E-state index contributed by atoms with van der Waals surface area (Å²) in [5.41, 5.74) is 1.76. The van der Waals surface area contributed by atoms with E-state index >= 15 is 0 Å². The van der Waals surface area contributed by atoms with Crippen LogP contribution in [0.3, 0.4) is 0 Å². The van der Waals surface area contributed by atoms with E-state index in [1.165, 1.54) is 19.2 Å². The van der Waals surface area contributed by atoms with Gasteiger partial charge in [-0.1, -0.05) is 18.1 Å². The summed E-state index contributed by atoms with van der Waals surface area (Å²) in [7, 11) is 1.52. The molecule has 0 saturated carbocycles. The Hall–Kier alpha value is -2.76. The van der Waals surface area contributed by atoms with E-state index in [0.717, 1.165) is 5.56 Å². The zero-order valence-electron chi connectivity index (χ0n) is 12.8. The topological polar surface area (TPSA) is 42.2 Å². The minimum atomic E-state index is -0.351. The van der Waals surface area contributed by atoms with Crippen molar-refractivity contribution in [3.8, 4) is 29.9 Å². The fraction of sp³-hybridized carbons (Fsp3) is 0.105. The van der Waals surface area contributed by atoms with Crippen molar-refractivity contribution in [1.29, 1.82) is 5.26 Å². The van der Waals surface area contributed by atoms with Crippen LogP contribution in [0.15, 0.2) is 40.9 Å². The summed E-state index contributed by atoms with van der Waals surface area (Å²) in [4.78, 5) is 0. The van der Waals surface area contributed by atoms with Crippen LogP contribution in [-0.2, 0) is 0 Å². The van der Waals surface area contributed by atoms with E-state index in [4.69, 9.17) is 15.9 Å². The van der Waals surface area contributed by atoms with Crippen LogP contribution >= 0.6 is 15.9 Å². The maximum Gasteiger partial charge on any atom is 0.176 e. The zero-order chi connectivity index (χ0) is 17.5. The van der Waals surface area contributed by atoms with Crippen molar-refractivity contribution in [2.24, 2.45) is 0 Å². The van der Waals surface area contributed by atoms with Gasteiger partial charge in [-0.05, 0) is 57.4 Å². The molecular formula is C19H13BrFNO2. The number of halogens is 2. The highest BCUT2D eigenvalue weighted by Gasteiger charge is 2.11. The molecule has 0 atom stereocenters. The van der Waals surface area contributed by atoms with Crippen LogP contribution in [0.25, 0.3) is 11.6 Å². The van der Waals surface area contributed by atoms with Gasteiger partial charge in [0.1, 0.15) is 12.4 Å². The van der Waals surface area contributed by atoms with E-state index in [2.05, 4.69) is 27.9 Å². The molecule has 0 aliphatic rings. The largest absolute Gasteiger partial charge is 0.493 e. The first-order chi connectivity index (χ1) is 11.6. The second-order valence-corrected chi connectivity index (χ2v) is 5.56. The molecule has 5 heteroatoms. The Labute approximate surface area is 148 Å². The summed E-state index contributed by atoms with van der Waals surface area (Å²) in [6, 6.07) is 11.4. The lowest BCUT2D eigenvalue weighted by Gasteiger charge is -2.12. The average molecular weight is 386 g/mol.